The average molecular weight is 506 g/mol. The van der Waals surface area contributed by atoms with Crippen LogP contribution >= 0.6 is 0 Å². The van der Waals surface area contributed by atoms with E-state index in [1.807, 2.05) is 34.2 Å². The molecule has 9 nitrogen and oxygen atoms in total. The summed E-state index contributed by atoms with van der Waals surface area (Å²) in [5.74, 6) is 1.63. The number of fused-ring (bicyclic) bond motifs is 3. The van der Waals surface area contributed by atoms with Crippen molar-refractivity contribution in [3.8, 4) is 5.75 Å². The van der Waals surface area contributed by atoms with Gasteiger partial charge in [-0.05, 0) is 36.2 Å². The van der Waals surface area contributed by atoms with Crippen LogP contribution in [0.2, 0.25) is 0 Å². The van der Waals surface area contributed by atoms with Gasteiger partial charge in [-0.3, -0.25) is 10.2 Å². The maximum atomic E-state index is 14.1. The lowest BCUT2D eigenvalue weighted by Gasteiger charge is -2.37. The monoisotopic (exact) mass is 505 g/mol. The Bertz CT molecular complexity index is 1200. The molecule has 4 heterocycles. The number of hydrazine groups is 1. The molecule has 1 amide bonds. The molecule has 0 spiro atoms. The van der Waals surface area contributed by atoms with Gasteiger partial charge in [0.2, 0.25) is 5.91 Å². The standard InChI is InChI=1S/C27H32FN7O2/c1-37-20-8-6-19(7-9-20)22-18-24-27-30-29-25(34(27)16-17-35(24)31-22)10-11-26(36)33-14-12-32(13-15-33)23-5-3-2-4-21(23)28/h2-9,16-17,22,24,27,30-31H,10-15,18H2,1H3. The molecule has 194 valence electrons. The SMILES string of the molecule is COc1ccc(C2CC3C4NN=C(CCC(=O)N5CCN(c6ccccc6F)CC5)N4C=CN3N2)cc1. The number of amidine groups is 1. The molecule has 2 saturated heterocycles. The summed E-state index contributed by atoms with van der Waals surface area (Å²) in [5.41, 5.74) is 8.71. The number of ether oxygens (including phenoxy) is 1. The number of carbonyl (C=O) groups excluding carboxylic acids is 1. The fourth-order valence-electron chi connectivity index (χ4n) is 5.65. The van der Waals surface area contributed by atoms with Crippen molar-refractivity contribution in [1.29, 1.82) is 0 Å². The van der Waals surface area contributed by atoms with Crippen LogP contribution in [0.25, 0.3) is 0 Å². The molecule has 0 aromatic heterocycles. The minimum Gasteiger partial charge on any atom is -0.497 e. The molecule has 2 N–H and O–H groups in total. The van der Waals surface area contributed by atoms with Gasteiger partial charge in [0.05, 0.1) is 24.9 Å². The van der Waals surface area contributed by atoms with E-state index in [4.69, 9.17) is 4.74 Å². The third-order valence-electron chi connectivity index (χ3n) is 7.72. The van der Waals surface area contributed by atoms with E-state index in [1.54, 1.807) is 19.2 Å². The fourth-order valence-corrected chi connectivity index (χ4v) is 5.65. The summed E-state index contributed by atoms with van der Waals surface area (Å²) in [6, 6.07) is 15.4. The lowest BCUT2D eigenvalue weighted by Crippen LogP contribution is -2.54. The van der Waals surface area contributed by atoms with Crippen LogP contribution in [0.4, 0.5) is 10.1 Å². The van der Waals surface area contributed by atoms with Crippen LogP contribution in [-0.2, 0) is 4.79 Å². The van der Waals surface area contributed by atoms with Gasteiger partial charge in [0.25, 0.3) is 0 Å². The van der Waals surface area contributed by atoms with Crippen molar-refractivity contribution in [1.82, 2.24) is 25.7 Å². The van der Waals surface area contributed by atoms with Gasteiger partial charge in [0.15, 0.2) is 0 Å². The van der Waals surface area contributed by atoms with Crippen molar-refractivity contribution >= 4 is 17.4 Å². The van der Waals surface area contributed by atoms with Gasteiger partial charge in [-0.25, -0.2) is 9.82 Å². The molecular formula is C27H32FN7O2. The molecule has 0 saturated carbocycles. The second-order valence-electron chi connectivity index (χ2n) is 9.79. The number of anilines is 1. The average Bonchev–Trinajstić information content (AvgIpc) is 3.56. The van der Waals surface area contributed by atoms with Crippen molar-refractivity contribution in [3.63, 3.8) is 0 Å². The minimum atomic E-state index is -0.218. The number of hydrogen-bond donors (Lipinski definition) is 2. The quantitative estimate of drug-likeness (QED) is 0.625. The lowest BCUT2D eigenvalue weighted by molar-refractivity contribution is -0.131. The Balaban J connectivity index is 1.01. The van der Waals surface area contributed by atoms with Crippen molar-refractivity contribution in [2.45, 2.75) is 37.5 Å². The first-order chi connectivity index (χ1) is 18.1. The first-order valence-electron chi connectivity index (χ1n) is 12.8. The minimum absolute atomic E-state index is 0.0233. The number of methoxy groups -OCH3 is 1. The van der Waals surface area contributed by atoms with Crippen LogP contribution in [-0.4, -0.2) is 72.0 Å². The van der Waals surface area contributed by atoms with E-state index in [9.17, 15) is 9.18 Å². The number of para-hydroxylation sites is 1. The van der Waals surface area contributed by atoms with Crippen LogP contribution in [0.3, 0.4) is 0 Å². The molecule has 3 atom stereocenters. The number of carbonyl (C=O) groups is 1. The Morgan fingerprint density at radius 1 is 1.08 bits per heavy atom. The number of nitrogens with one attached hydrogen (secondary N) is 2. The van der Waals surface area contributed by atoms with Gasteiger partial charge in [0, 0.05) is 51.4 Å². The van der Waals surface area contributed by atoms with E-state index in [1.165, 1.54) is 11.6 Å². The Labute approximate surface area is 216 Å². The maximum Gasteiger partial charge on any atom is 0.223 e. The van der Waals surface area contributed by atoms with Gasteiger partial charge >= 0.3 is 0 Å². The van der Waals surface area contributed by atoms with Crippen LogP contribution < -0.4 is 20.5 Å². The number of benzene rings is 2. The second-order valence-corrected chi connectivity index (χ2v) is 9.79. The van der Waals surface area contributed by atoms with E-state index >= 15 is 0 Å². The van der Waals surface area contributed by atoms with Crippen LogP contribution in [0.1, 0.15) is 30.9 Å². The zero-order valence-electron chi connectivity index (χ0n) is 20.9. The van der Waals surface area contributed by atoms with Crippen molar-refractivity contribution < 1.29 is 13.9 Å². The molecule has 2 aromatic rings. The highest BCUT2D eigenvalue weighted by atomic mass is 19.1. The van der Waals surface area contributed by atoms with Crippen LogP contribution in [0, 0.1) is 5.82 Å². The Morgan fingerprint density at radius 3 is 2.62 bits per heavy atom. The van der Waals surface area contributed by atoms with Crippen LogP contribution in [0.5, 0.6) is 5.75 Å². The summed E-state index contributed by atoms with van der Waals surface area (Å²) in [6.07, 6.45) is 6.01. The van der Waals surface area contributed by atoms with Gasteiger partial charge in [-0.2, -0.15) is 5.10 Å². The van der Waals surface area contributed by atoms with Crippen molar-refractivity contribution in [3.05, 3.63) is 72.3 Å². The van der Waals surface area contributed by atoms with E-state index in [0.717, 1.165) is 18.0 Å². The lowest BCUT2D eigenvalue weighted by atomic mass is 9.99. The normalized spacial score (nSPS) is 24.5. The summed E-state index contributed by atoms with van der Waals surface area (Å²) in [6.45, 7) is 2.46. The highest BCUT2D eigenvalue weighted by molar-refractivity contribution is 5.89. The maximum absolute atomic E-state index is 14.1. The van der Waals surface area contributed by atoms with Gasteiger partial charge in [-0.15, -0.1) is 0 Å². The zero-order valence-corrected chi connectivity index (χ0v) is 20.9. The van der Waals surface area contributed by atoms with E-state index in [0.29, 0.717) is 44.7 Å². The predicted molar refractivity (Wildman–Crippen MR) is 139 cm³/mol. The molecule has 10 heteroatoms. The molecular weight excluding hydrogens is 473 g/mol. The number of hydrogen-bond acceptors (Lipinski definition) is 8. The van der Waals surface area contributed by atoms with E-state index in [-0.39, 0.29) is 30.0 Å². The number of piperazine rings is 1. The third-order valence-corrected chi connectivity index (χ3v) is 7.72. The fraction of sp³-hybridized carbons (Fsp3) is 0.407. The second kappa shape index (κ2) is 9.93. The van der Waals surface area contributed by atoms with Gasteiger partial charge in [-0.1, -0.05) is 24.3 Å². The van der Waals surface area contributed by atoms with E-state index in [2.05, 4.69) is 44.2 Å². The summed E-state index contributed by atoms with van der Waals surface area (Å²) in [7, 11) is 1.67. The number of rotatable bonds is 6. The first-order valence-corrected chi connectivity index (χ1v) is 12.8. The van der Waals surface area contributed by atoms with Gasteiger partial charge < -0.3 is 24.4 Å². The van der Waals surface area contributed by atoms with E-state index < -0.39 is 0 Å². The van der Waals surface area contributed by atoms with Crippen molar-refractivity contribution in [2.24, 2.45) is 5.10 Å². The smallest absolute Gasteiger partial charge is 0.223 e. The molecule has 6 rings (SSSR count). The number of nitrogens with zero attached hydrogens (tertiary/aromatic N) is 5. The number of amides is 1. The number of halogens is 1. The Hall–Kier alpha value is -3.79. The molecule has 3 unspecified atom stereocenters. The topological polar surface area (TPSA) is 75.7 Å². The summed E-state index contributed by atoms with van der Waals surface area (Å²) >= 11 is 0. The first kappa shape index (κ1) is 23.6. The Morgan fingerprint density at radius 2 is 1.86 bits per heavy atom. The summed E-state index contributed by atoms with van der Waals surface area (Å²) in [4.78, 5) is 19.0. The molecule has 2 fully saturated rings. The Kier molecular flexibility index (Phi) is 6.33. The third kappa shape index (κ3) is 4.57. The highest BCUT2D eigenvalue weighted by Gasteiger charge is 2.44. The highest BCUT2D eigenvalue weighted by Crippen LogP contribution is 2.34. The van der Waals surface area contributed by atoms with Crippen LogP contribution in [0.15, 0.2) is 66.0 Å². The number of hydrazone groups is 1. The summed E-state index contributed by atoms with van der Waals surface area (Å²) < 4.78 is 19.4. The molecule has 0 radical (unpaired) electrons. The predicted octanol–water partition coefficient (Wildman–Crippen LogP) is 2.61. The molecule has 2 aromatic carbocycles. The zero-order chi connectivity index (χ0) is 25.4. The summed E-state index contributed by atoms with van der Waals surface area (Å²) in [5, 5.41) is 6.74. The molecule has 4 aliphatic rings. The largest absolute Gasteiger partial charge is 0.497 e. The van der Waals surface area contributed by atoms with Gasteiger partial charge in [0.1, 0.15) is 23.6 Å². The molecule has 0 bridgehead atoms. The molecule has 0 aliphatic carbocycles. The molecule has 37 heavy (non-hydrogen) atoms. The molecule has 4 aliphatic heterocycles. The van der Waals surface area contributed by atoms with Crippen molar-refractivity contribution in [2.75, 3.05) is 38.2 Å².